The number of piperidine rings is 1. The van der Waals surface area contributed by atoms with Crippen molar-refractivity contribution in [3.63, 3.8) is 0 Å². The van der Waals surface area contributed by atoms with Crippen LogP contribution in [0.2, 0.25) is 0 Å². The predicted octanol–water partition coefficient (Wildman–Crippen LogP) is 2.01. The fourth-order valence-electron chi connectivity index (χ4n) is 2.73. The average Bonchev–Trinajstić information content (AvgIpc) is 3.02. The van der Waals surface area contributed by atoms with E-state index in [2.05, 4.69) is 16.3 Å². The third-order valence-corrected chi connectivity index (χ3v) is 5.73. The Morgan fingerprint density at radius 2 is 2.04 bits per heavy atom. The number of rotatable bonds is 5. The molecule has 0 aromatic carbocycles. The molecular weight excluding hydrogens is 336 g/mol. The van der Waals surface area contributed by atoms with Crippen molar-refractivity contribution in [1.82, 2.24) is 15.1 Å². The molecule has 2 heterocycles. The van der Waals surface area contributed by atoms with Gasteiger partial charge in [-0.05, 0) is 45.7 Å². The molecule has 1 aliphatic heterocycles. The number of likely N-dealkylation sites (N-methyl/N-ethyl adjacent to an activating group) is 1. The highest BCUT2D eigenvalue weighted by molar-refractivity contribution is 7.13. The van der Waals surface area contributed by atoms with Crippen molar-refractivity contribution < 1.29 is 9.59 Å². The van der Waals surface area contributed by atoms with Gasteiger partial charge in [-0.15, -0.1) is 11.3 Å². The molecular formula is C18H26N4O2S. The van der Waals surface area contributed by atoms with Gasteiger partial charge in [0.05, 0.1) is 17.5 Å². The van der Waals surface area contributed by atoms with Gasteiger partial charge in [-0.25, -0.2) is 0 Å². The molecule has 0 bridgehead atoms. The standard InChI is InChI=1S/C18H26N4O2S/c1-13-5-6-15(25-13)17(24)20-14-7-9-22(10-8-14)11-16(23)21(4)18(2,3)12-19/h5-6,14H,7-11H2,1-4H3,(H,20,24). The van der Waals surface area contributed by atoms with E-state index in [-0.39, 0.29) is 17.9 Å². The van der Waals surface area contributed by atoms with E-state index in [1.54, 1.807) is 20.9 Å². The smallest absolute Gasteiger partial charge is 0.261 e. The molecule has 1 saturated heterocycles. The summed E-state index contributed by atoms with van der Waals surface area (Å²) in [6, 6.07) is 6.10. The van der Waals surface area contributed by atoms with E-state index in [9.17, 15) is 9.59 Å². The maximum Gasteiger partial charge on any atom is 0.261 e. The fourth-order valence-corrected chi connectivity index (χ4v) is 3.50. The first kappa shape index (κ1) is 19.4. The highest BCUT2D eigenvalue weighted by Crippen LogP contribution is 2.17. The van der Waals surface area contributed by atoms with E-state index in [0.717, 1.165) is 35.7 Å². The molecule has 25 heavy (non-hydrogen) atoms. The van der Waals surface area contributed by atoms with Crippen LogP contribution in [0.3, 0.4) is 0 Å². The quantitative estimate of drug-likeness (QED) is 0.869. The van der Waals surface area contributed by atoms with Gasteiger partial charge in [0, 0.05) is 31.1 Å². The van der Waals surface area contributed by atoms with Crippen molar-refractivity contribution in [2.45, 2.75) is 45.2 Å². The molecule has 1 N–H and O–H groups in total. The summed E-state index contributed by atoms with van der Waals surface area (Å²) in [6.45, 7) is 7.30. The molecule has 2 amide bonds. The molecule has 7 heteroatoms. The monoisotopic (exact) mass is 362 g/mol. The molecule has 1 fully saturated rings. The van der Waals surface area contributed by atoms with Gasteiger partial charge in [-0.3, -0.25) is 14.5 Å². The Morgan fingerprint density at radius 3 is 2.56 bits per heavy atom. The van der Waals surface area contributed by atoms with E-state index in [1.807, 2.05) is 19.1 Å². The Morgan fingerprint density at radius 1 is 1.40 bits per heavy atom. The summed E-state index contributed by atoms with van der Waals surface area (Å²) in [5.41, 5.74) is -0.803. The van der Waals surface area contributed by atoms with Crippen LogP contribution >= 0.6 is 11.3 Å². The minimum Gasteiger partial charge on any atom is -0.349 e. The van der Waals surface area contributed by atoms with Crippen LogP contribution in [0.4, 0.5) is 0 Å². The number of aryl methyl sites for hydroxylation is 1. The zero-order valence-electron chi connectivity index (χ0n) is 15.3. The number of nitriles is 1. The van der Waals surface area contributed by atoms with Gasteiger partial charge in [-0.1, -0.05) is 0 Å². The number of hydrogen-bond acceptors (Lipinski definition) is 5. The van der Waals surface area contributed by atoms with E-state index in [0.29, 0.717) is 6.54 Å². The largest absolute Gasteiger partial charge is 0.349 e. The molecule has 0 spiro atoms. The summed E-state index contributed by atoms with van der Waals surface area (Å²) in [5, 5.41) is 12.2. The van der Waals surface area contributed by atoms with Crippen molar-refractivity contribution >= 4 is 23.2 Å². The predicted molar refractivity (Wildman–Crippen MR) is 98.4 cm³/mol. The molecule has 0 atom stereocenters. The highest BCUT2D eigenvalue weighted by atomic mass is 32.1. The number of amides is 2. The van der Waals surface area contributed by atoms with E-state index >= 15 is 0 Å². The van der Waals surface area contributed by atoms with Crippen molar-refractivity contribution in [1.29, 1.82) is 5.26 Å². The average molecular weight is 362 g/mol. The molecule has 0 radical (unpaired) electrons. The zero-order valence-corrected chi connectivity index (χ0v) is 16.2. The lowest BCUT2D eigenvalue weighted by Crippen LogP contribution is -2.51. The number of hydrogen-bond donors (Lipinski definition) is 1. The van der Waals surface area contributed by atoms with Gasteiger partial charge >= 0.3 is 0 Å². The second-order valence-corrected chi connectivity index (χ2v) is 8.35. The van der Waals surface area contributed by atoms with Crippen LogP contribution in [0.15, 0.2) is 12.1 Å². The zero-order chi connectivity index (χ0) is 18.6. The van der Waals surface area contributed by atoms with Crippen molar-refractivity contribution in [2.24, 2.45) is 0 Å². The van der Waals surface area contributed by atoms with Gasteiger partial charge in [0.1, 0.15) is 5.54 Å². The lowest BCUT2D eigenvalue weighted by Gasteiger charge is -2.35. The first-order valence-electron chi connectivity index (χ1n) is 8.50. The molecule has 0 aliphatic carbocycles. The van der Waals surface area contributed by atoms with E-state index < -0.39 is 5.54 Å². The number of nitrogens with one attached hydrogen (secondary N) is 1. The Kier molecular flexibility index (Phi) is 6.20. The number of carbonyl (C=O) groups is 2. The molecule has 136 valence electrons. The molecule has 1 aromatic heterocycles. The molecule has 0 unspecified atom stereocenters. The number of likely N-dealkylation sites (tertiary alicyclic amines) is 1. The Balaban J connectivity index is 1.79. The van der Waals surface area contributed by atoms with Gasteiger partial charge in [-0.2, -0.15) is 5.26 Å². The van der Waals surface area contributed by atoms with E-state index in [1.165, 1.54) is 16.2 Å². The molecule has 0 saturated carbocycles. The minimum atomic E-state index is -0.803. The van der Waals surface area contributed by atoms with Crippen molar-refractivity contribution in [3.05, 3.63) is 21.9 Å². The van der Waals surface area contributed by atoms with Crippen LogP contribution in [-0.4, -0.2) is 59.9 Å². The van der Waals surface area contributed by atoms with Crippen LogP contribution in [0.5, 0.6) is 0 Å². The molecule has 1 aliphatic rings. The molecule has 2 rings (SSSR count). The number of thiophene rings is 1. The third-order valence-electron chi connectivity index (χ3n) is 4.73. The van der Waals surface area contributed by atoms with Crippen LogP contribution in [-0.2, 0) is 4.79 Å². The third kappa shape index (κ3) is 5.03. The van der Waals surface area contributed by atoms with Crippen LogP contribution in [0.25, 0.3) is 0 Å². The summed E-state index contributed by atoms with van der Waals surface area (Å²) in [5.74, 6) is -0.0637. The maximum atomic E-state index is 12.3. The van der Waals surface area contributed by atoms with E-state index in [4.69, 9.17) is 5.26 Å². The second-order valence-electron chi connectivity index (χ2n) is 7.06. The normalized spacial score (nSPS) is 16.3. The Hall–Kier alpha value is -1.91. The van der Waals surface area contributed by atoms with Gasteiger partial charge in [0.15, 0.2) is 0 Å². The van der Waals surface area contributed by atoms with Crippen LogP contribution in [0, 0.1) is 18.3 Å². The summed E-state index contributed by atoms with van der Waals surface area (Å²) >= 11 is 1.50. The summed E-state index contributed by atoms with van der Waals surface area (Å²) in [4.78, 5) is 30.0. The number of nitrogens with zero attached hydrogens (tertiary/aromatic N) is 3. The SMILES string of the molecule is Cc1ccc(C(=O)NC2CCN(CC(=O)N(C)C(C)(C)C#N)CC2)s1. The molecule has 6 nitrogen and oxygen atoms in total. The first-order chi connectivity index (χ1) is 11.7. The van der Waals surface area contributed by atoms with Crippen LogP contribution < -0.4 is 5.32 Å². The fraction of sp³-hybridized carbons (Fsp3) is 0.611. The highest BCUT2D eigenvalue weighted by Gasteiger charge is 2.29. The lowest BCUT2D eigenvalue weighted by molar-refractivity contribution is -0.134. The Labute approximate surface area is 153 Å². The van der Waals surface area contributed by atoms with Gasteiger partial charge in [0.2, 0.25) is 5.91 Å². The van der Waals surface area contributed by atoms with Crippen LogP contribution in [0.1, 0.15) is 41.2 Å². The van der Waals surface area contributed by atoms with Crippen molar-refractivity contribution in [2.75, 3.05) is 26.7 Å². The topological polar surface area (TPSA) is 76.4 Å². The Bertz CT molecular complexity index is 669. The maximum absolute atomic E-state index is 12.3. The first-order valence-corrected chi connectivity index (χ1v) is 9.32. The minimum absolute atomic E-state index is 0.0110. The van der Waals surface area contributed by atoms with Gasteiger partial charge in [0.25, 0.3) is 5.91 Å². The van der Waals surface area contributed by atoms with Crippen molar-refractivity contribution in [3.8, 4) is 6.07 Å². The summed E-state index contributed by atoms with van der Waals surface area (Å²) < 4.78 is 0. The summed E-state index contributed by atoms with van der Waals surface area (Å²) in [6.07, 6.45) is 1.66. The van der Waals surface area contributed by atoms with Gasteiger partial charge < -0.3 is 10.2 Å². The summed E-state index contributed by atoms with van der Waals surface area (Å²) in [7, 11) is 1.67. The number of carbonyl (C=O) groups excluding carboxylic acids is 2. The molecule has 1 aromatic rings. The lowest BCUT2D eigenvalue weighted by atomic mass is 10.0. The second kappa shape index (κ2) is 7.98.